The minimum Gasteiger partial charge on any atom is -0.484 e. The number of benzene rings is 2. The largest absolute Gasteiger partial charge is 0.573 e. The van der Waals surface area contributed by atoms with Gasteiger partial charge in [-0.25, -0.2) is 0 Å². The maximum absolute atomic E-state index is 12.1. The lowest BCUT2D eigenvalue weighted by Crippen LogP contribution is -2.24. The molecule has 2 amide bonds. The van der Waals surface area contributed by atoms with Gasteiger partial charge in [0.15, 0.2) is 6.61 Å². The number of carbonyl (C=O) groups is 2. The summed E-state index contributed by atoms with van der Waals surface area (Å²) < 4.78 is 45.6. The summed E-state index contributed by atoms with van der Waals surface area (Å²) in [6, 6.07) is 11.6. The Hall–Kier alpha value is -3.23. The number of nitrogens with zero attached hydrogens (tertiary/aromatic N) is 1. The third-order valence-electron chi connectivity index (χ3n) is 3.94. The highest BCUT2D eigenvalue weighted by molar-refractivity contribution is 5.95. The molecular weight excluding hydrogens is 377 g/mol. The molecule has 0 atom stereocenters. The molecular formula is C19H17F3N2O4. The quantitative estimate of drug-likeness (QED) is 0.811. The van der Waals surface area contributed by atoms with E-state index in [2.05, 4.69) is 10.1 Å². The zero-order valence-corrected chi connectivity index (χ0v) is 14.7. The van der Waals surface area contributed by atoms with Crippen molar-refractivity contribution in [1.29, 1.82) is 0 Å². The highest BCUT2D eigenvalue weighted by Crippen LogP contribution is 2.26. The molecule has 2 aromatic carbocycles. The minimum absolute atomic E-state index is 0.0489. The summed E-state index contributed by atoms with van der Waals surface area (Å²) in [6.45, 7) is 0.356. The van der Waals surface area contributed by atoms with Gasteiger partial charge < -0.3 is 19.7 Å². The first-order valence-corrected chi connectivity index (χ1v) is 8.49. The summed E-state index contributed by atoms with van der Waals surface area (Å²) in [5.41, 5.74) is 1.01. The lowest BCUT2D eigenvalue weighted by Gasteiger charge is -2.16. The number of anilines is 2. The van der Waals surface area contributed by atoms with Crippen molar-refractivity contribution in [2.24, 2.45) is 0 Å². The monoisotopic (exact) mass is 394 g/mol. The van der Waals surface area contributed by atoms with Crippen molar-refractivity contribution in [1.82, 2.24) is 0 Å². The number of carbonyl (C=O) groups excluding carboxylic acids is 2. The van der Waals surface area contributed by atoms with Crippen LogP contribution >= 0.6 is 0 Å². The van der Waals surface area contributed by atoms with Gasteiger partial charge in [-0.3, -0.25) is 9.59 Å². The number of amides is 2. The van der Waals surface area contributed by atoms with Crippen LogP contribution in [0.15, 0.2) is 48.5 Å². The standard InChI is InChI=1S/C19H17F3N2O4/c20-19(21,22)28-15-8-6-13(7-9-15)23-17(25)12-27-16-4-1-3-14(11-16)24-10-2-5-18(24)26/h1,3-4,6-9,11H,2,5,10,12H2,(H,23,25). The lowest BCUT2D eigenvalue weighted by molar-refractivity contribution is -0.274. The molecule has 0 saturated carbocycles. The van der Waals surface area contributed by atoms with E-state index in [4.69, 9.17) is 4.74 Å². The van der Waals surface area contributed by atoms with Crippen molar-refractivity contribution < 1.29 is 32.2 Å². The van der Waals surface area contributed by atoms with Gasteiger partial charge in [-0.15, -0.1) is 13.2 Å². The van der Waals surface area contributed by atoms with Crippen molar-refractivity contribution in [3.63, 3.8) is 0 Å². The summed E-state index contributed by atoms with van der Waals surface area (Å²) in [7, 11) is 0. The maximum atomic E-state index is 12.1. The molecule has 0 aliphatic carbocycles. The summed E-state index contributed by atoms with van der Waals surface area (Å²) in [6.07, 6.45) is -3.45. The van der Waals surface area contributed by atoms with E-state index in [1.807, 2.05) is 0 Å². The predicted octanol–water partition coefficient (Wildman–Crippen LogP) is 3.73. The molecule has 0 radical (unpaired) electrons. The van der Waals surface area contributed by atoms with Crippen molar-refractivity contribution >= 4 is 23.2 Å². The second kappa shape index (κ2) is 8.20. The topological polar surface area (TPSA) is 67.9 Å². The number of rotatable bonds is 6. The molecule has 0 spiro atoms. The van der Waals surface area contributed by atoms with E-state index < -0.39 is 12.3 Å². The molecule has 2 aromatic rings. The Morgan fingerprint density at radius 2 is 1.86 bits per heavy atom. The fourth-order valence-corrected chi connectivity index (χ4v) is 2.75. The van der Waals surface area contributed by atoms with E-state index in [0.29, 0.717) is 30.1 Å². The van der Waals surface area contributed by atoms with Crippen LogP contribution in [0.1, 0.15) is 12.8 Å². The molecule has 1 N–H and O–H groups in total. The Balaban J connectivity index is 1.52. The summed E-state index contributed by atoms with van der Waals surface area (Å²) >= 11 is 0. The number of halogens is 3. The van der Waals surface area contributed by atoms with Crippen LogP contribution in [0.2, 0.25) is 0 Å². The van der Waals surface area contributed by atoms with Gasteiger partial charge >= 0.3 is 6.36 Å². The average molecular weight is 394 g/mol. The molecule has 0 aromatic heterocycles. The maximum Gasteiger partial charge on any atom is 0.573 e. The van der Waals surface area contributed by atoms with E-state index in [1.54, 1.807) is 29.2 Å². The lowest BCUT2D eigenvalue weighted by atomic mass is 10.3. The van der Waals surface area contributed by atoms with Crippen LogP contribution in [-0.4, -0.2) is 31.3 Å². The van der Waals surface area contributed by atoms with E-state index in [-0.39, 0.29) is 18.3 Å². The molecule has 28 heavy (non-hydrogen) atoms. The number of nitrogens with one attached hydrogen (secondary N) is 1. The van der Waals surface area contributed by atoms with Crippen LogP contribution < -0.4 is 19.7 Å². The molecule has 6 nitrogen and oxygen atoms in total. The first-order valence-electron chi connectivity index (χ1n) is 8.49. The summed E-state index contributed by atoms with van der Waals surface area (Å²) in [4.78, 5) is 25.5. The van der Waals surface area contributed by atoms with Gasteiger partial charge in [0.25, 0.3) is 5.91 Å². The number of hydrogen-bond acceptors (Lipinski definition) is 4. The fourth-order valence-electron chi connectivity index (χ4n) is 2.75. The summed E-state index contributed by atoms with van der Waals surface area (Å²) in [5.74, 6) is -0.378. The molecule has 1 aliphatic heterocycles. The first-order chi connectivity index (χ1) is 13.3. The van der Waals surface area contributed by atoms with Crippen molar-refractivity contribution in [2.75, 3.05) is 23.4 Å². The molecule has 1 heterocycles. The Bertz CT molecular complexity index is 853. The first kappa shape index (κ1) is 19.5. The van der Waals surface area contributed by atoms with E-state index >= 15 is 0 Å². The average Bonchev–Trinajstić information content (AvgIpc) is 3.07. The van der Waals surface area contributed by atoms with Gasteiger partial charge in [-0.2, -0.15) is 0 Å². The molecule has 1 fully saturated rings. The SMILES string of the molecule is O=C(COc1cccc(N2CCCC2=O)c1)Nc1ccc(OC(F)(F)F)cc1. The van der Waals surface area contributed by atoms with Crippen LogP contribution in [-0.2, 0) is 9.59 Å². The van der Waals surface area contributed by atoms with Crippen LogP contribution in [0.3, 0.4) is 0 Å². The van der Waals surface area contributed by atoms with Gasteiger partial charge in [0, 0.05) is 30.4 Å². The van der Waals surface area contributed by atoms with Crippen molar-refractivity contribution in [2.45, 2.75) is 19.2 Å². The van der Waals surface area contributed by atoms with Gasteiger partial charge in [0.1, 0.15) is 11.5 Å². The van der Waals surface area contributed by atoms with Gasteiger partial charge in [0.2, 0.25) is 5.91 Å². The highest BCUT2D eigenvalue weighted by atomic mass is 19.4. The van der Waals surface area contributed by atoms with Crippen molar-refractivity contribution in [3.8, 4) is 11.5 Å². The zero-order chi connectivity index (χ0) is 20.1. The van der Waals surface area contributed by atoms with Crippen LogP contribution in [0.4, 0.5) is 24.5 Å². The van der Waals surface area contributed by atoms with E-state index in [1.165, 1.54) is 12.1 Å². The third kappa shape index (κ3) is 5.38. The summed E-state index contributed by atoms with van der Waals surface area (Å²) in [5, 5.41) is 2.51. The van der Waals surface area contributed by atoms with Crippen LogP contribution in [0.25, 0.3) is 0 Å². The Morgan fingerprint density at radius 3 is 2.50 bits per heavy atom. The van der Waals surface area contributed by atoms with E-state index in [0.717, 1.165) is 18.6 Å². The van der Waals surface area contributed by atoms with Crippen LogP contribution in [0.5, 0.6) is 11.5 Å². The second-order valence-corrected chi connectivity index (χ2v) is 6.06. The number of hydrogen-bond donors (Lipinski definition) is 1. The third-order valence-corrected chi connectivity index (χ3v) is 3.94. The normalized spacial score (nSPS) is 14.1. The predicted molar refractivity (Wildman–Crippen MR) is 95.3 cm³/mol. The molecule has 0 bridgehead atoms. The number of ether oxygens (including phenoxy) is 2. The van der Waals surface area contributed by atoms with Crippen molar-refractivity contribution in [3.05, 3.63) is 48.5 Å². The smallest absolute Gasteiger partial charge is 0.484 e. The second-order valence-electron chi connectivity index (χ2n) is 6.06. The highest BCUT2D eigenvalue weighted by Gasteiger charge is 2.31. The molecule has 0 unspecified atom stereocenters. The molecule has 9 heteroatoms. The number of alkyl halides is 3. The Kier molecular flexibility index (Phi) is 5.72. The fraction of sp³-hybridized carbons (Fsp3) is 0.263. The molecule has 3 rings (SSSR count). The molecule has 1 aliphatic rings. The van der Waals surface area contributed by atoms with Gasteiger partial charge in [0.05, 0.1) is 0 Å². The minimum atomic E-state index is -4.77. The Labute approximate surface area is 158 Å². The van der Waals surface area contributed by atoms with E-state index in [9.17, 15) is 22.8 Å². The Morgan fingerprint density at radius 1 is 1.11 bits per heavy atom. The molecule has 148 valence electrons. The van der Waals surface area contributed by atoms with Gasteiger partial charge in [-0.05, 0) is 42.8 Å². The van der Waals surface area contributed by atoms with Gasteiger partial charge in [-0.1, -0.05) is 6.07 Å². The molecule has 1 saturated heterocycles. The zero-order valence-electron chi connectivity index (χ0n) is 14.7. The van der Waals surface area contributed by atoms with Crippen LogP contribution in [0, 0.1) is 0 Å².